The van der Waals surface area contributed by atoms with Crippen LogP contribution in [0.15, 0.2) is 78.4 Å². The molecule has 1 saturated heterocycles. The molecule has 3 aromatic rings. The van der Waals surface area contributed by atoms with E-state index in [1.165, 1.54) is 11.8 Å². The maximum absolute atomic E-state index is 12.7. The summed E-state index contributed by atoms with van der Waals surface area (Å²) in [6.07, 6.45) is 5.43. The molecule has 7 heteroatoms. The smallest absolute Gasteiger partial charge is 0.266 e. The summed E-state index contributed by atoms with van der Waals surface area (Å²) in [5, 5.41) is 5.42. The van der Waals surface area contributed by atoms with E-state index in [2.05, 4.69) is 6.58 Å². The Labute approximate surface area is 183 Å². The van der Waals surface area contributed by atoms with Gasteiger partial charge in [0.25, 0.3) is 5.91 Å². The minimum Gasteiger partial charge on any atom is -0.289 e. The van der Waals surface area contributed by atoms with Crippen LogP contribution < -0.4 is 0 Å². The van der Waals surface area contributed by atoms with Gasteiger partial charge in [-0.3, -0.25) is 9.69 Å². The molecule has 1 fully saturated rings. The second kappa shape index (κ2) is 8.37. The molecule has 0 saturated carbocycles. The fourth-order valence-electron chi connectivity index (χ4n) is 2.97. The van der Waals surface area contributed by atoms with Crippen LogP contribution in [0.5, 0.6) is 0 Å². The van der Waals surface area contributed by atoms with E-state index >= 15 is 0 Å². The van der Waals surface area contributed by atoms with Gasteiger partial charge in [0.1, 0.15) is 4.32 Å². The number of rotatable bonds is 5. The first-order valence-corrected chi connectivity index (χ1v) is 10.4. The summed E-state index contributed by atoms with van der Waals surface area (Å²) in [5.74, 6) is -0.116. The number of benzene rings is 2. The average molecular weight is 438 g/mol. The summed E-state index contributed by atoms with van der Waals surface area (Å²) in [6.45, 7) is 4.09. The van der Waals surface area contributed by atoms with E-state index in [0.29, 0.717) is 20.8 Å². The van der Waals surface area contributed by atoms with Gasteiger partial charge < -0.3 is 0 Å². The van der Waals surface area contributed by atoms with Gasteiger partial charge in [0, 0.05) is 28.9 Å². The van der Waals surface area contributed by atoms with Crippen molar-refractivity contribution in [1.29, 1.82) is 0 Å². The molecule has 2 heterocycles. The number of thiocarbonyl (C=S) groups is 1. The normalized spacial score (nSPS) is 15.3. The predicted octanol–water partition coefficient (Wildman–Crippen LogP) is 5.58. The maximum atomic E-state index is 12.7. The highest BCUT2D eigenvalue weighted by Gasteiger charge is 2.31. The zero-order valence-electron chi connectivity index (χ0n) is 15.3. The van der Waals surface area contributed by atoms with Crippen LogP contribution in [0.25, 0.3) is 23.0 Å². The van der Waals surface area contributed by atoms with Crippen molar-refractivity contribution in [2.45, 2.75) is 0 Å². The number of carbonyl (C=O) groups is 1. The number of halogens is 1. The quantitative estimate of drug-likeness (QED) is 0.296. The van der Waals surface area contributed by atoms with E-state index in [9.17, 15) is 4.79 Å². The molecule has 29 heavy (non-hydrogen) atoms. The SMILES string of the molecule is C=CCN1C(=O)C(=Cc2cn(-c3ccccc3)nc2-c2ccc(Cl)cc2)SC1=S. The Morgan fingerprint density at radius 2 is 1.86 bits per heavy atom. The van der Waals surface area contributed by atoms with Crippen LogP contribution in [0.4, 0.5) is 0 Å². The zero-order valence-corrected chi connectivity index (χ0v) is 17.7. The largest absolute Gasteiger partial charge is 0.289 e. The molecule has 1 aliphatic rings. The Balaban J connectivity index is 1.80. The third-order valence-corrected chi connectivity index (χ3v) is 5.98. The number of para-hydroxylation sites is 1. The molecule has 0 bridgehead atoms. The molecule has 1 aliphatic heterocycles. The molecule has 144 valence electrons. The van der Waals surface area contributed by atoms with Crippen LogP contribution in [0.1, 0.15) is 5.56 Å². The molecule has 1 amide bonds. The van der Waals surface area contributed by atoms with Gasteiger partial charge in [-0.1, -0.05) is 72.0 Å². The van der Waals surface area contributed by atoms with Gasteiger partial charge in [0.2, 0.25) is 0 Å². The minimum atomic E-state index is -0.116. The van der Waals surface area contributed by atoms with E-state index in [0.717, 1.165) is 22.5 Å². The van der Waals surface area contributed by atoms with Crippen molar-refractivity contribution in [3.05, 3.63) is 88.9 Å². The highest BCUT2D eigenvalue weighted by atomic mass is 35.5. The molecule has 4 rings (SSSR count). The Bertz CT molecular complexity index is 1120. The van der Waals surface area contributed by atoms with Crippen LogP contribution in [-0.4, -0.2) is 31.5 Å². The predicted molar refractivity (Wildman–Crippen MR) is 124 cm³/mol. The van der Waals surface area contributed by atoms with Crippen LogP contribution in [-0.2, 0) is 4.79 Å². The number of hydrogen-bond donors (Lipinski definition) is 0. The van der Waals surface area contributed by atoms with E-state index in [4.69, 9.17) is 28.9 Å². The first-order chi connectivity index (χ1) is 14.1. The van der Waals surface area contributed by atoms with Crippen molar-refractivity contribution in [1.82, 2.24) is 14.7 Å². The van der Waals surface area contributed by atoms with Gasteiger partial charge in [-0.25, -0.2) is 4.68 Å². The lowest BCUT2D eigenvalue weighted by Crippen LogP contribution is -2.27. The van der Waals surface area contributed by atoms with Crippen LogP contribution in [0.2, 0.25) is 5.02 Å². The van der Waals surface area contributed by atoms with Gasteiger partial charge in [-0.05, 0) is 30.3 Å². The molecule has 0 radical (unpaired) electrons. The first-order valence-electron chi connectivity index (χ1n) is 8.84. The molecule has 0 unspecified atom stereocenters. The molecule has 4 nitrogen and oxygen atoms in total. The number of nitrogens with zero attached hydrogens (tertiary/aromatic N) is 3. The van der Waals surface area contributed by atoms with Gasteiger partial charge in [-0.15, -0.1) is 6.58 Å². The molecule has 0 atom stereocenters. The van der Waals surface area contributed by atoms with Gasteiger partial charge in [0.05, 0.1) is 16.3 Å². The number of aromatic nitrogens is 2. The Morgan fingerprint density at radius 3 is 2.55 bits per heavy atom. The van der Waals surface area contributed by atoms with Gasteiger partial charge >= 0.3 is 0 Å². The molecule has 0 aliphatic carbocycles. The standard InChI is InChI=1S/C22H16ClN3OS2/c1-2-12-25-21(27)19(29-22(25)28)13-16-14-26(18-6-4-3-5-7-18)24-20(16)15-8-10-17(23)11-9-15/h2-11,13-14H,1,12H2. The number of thioether (sulfide) groups is 1. The number of hydrogen-bond acceptors (Lipinski definition) is 4. The lowest BCUT2D eigenvalue weighted by molar-refractivity contribution is -0.121. The fraction of sp³-hybridized carbons (Fsp3) is 0.0455. The molecule has 0 spiro atoms. The lowest BCUT2D eigenvalue weighted by atomic mass is 10.1. The van der Waals surface area contributed by atoms with Crippen molar-refractivity contribution in [3.63, 3.8) is 0 Å². The summed E-state index contributed by atoms with van der Waals surface area (Å²) >= 11 is 12.7. The summed E-state index contributed by atoms with van der Waals surface area (Å²) < 4.78 is 2.34. The highest BCUT2D eigenvalue weighted by Crippen LogP contribution is 2.35. The molecule has 1 aromatic heterocycles. The van der Waals surface area contributed by atoms with Crippen molar-refractivity contribution in [2.75, 3.05) is 6.54 Å². The monoisotopic (exact) mass is 437 g/mol. The topological polar surface area (TPSA) is 38.1 Å². The molecular weight excluding hydrogens is 422 g/mol. The first kappa shape index (κ1) is 19.6. The third kappa shape index (κ3) is 4.05. The summed E-state index contributed by atoms with van der Waals surface area (Å²) in [6, 6.07) is 17.3. The van der Waals surface area contributed by atoms with E-state index in [1.54, 1.807) is 15.7 Å². The fourth-order valence-corrected chi connectivity index (χ4v) is 4.36. The summed E-state index contributed by atoms with van der Waals surface area (Å²) in [4.78, 5) is 14.8. The van der Waals surface area contributed by atoms with Crippen molar-refractivity contribution in [3.8, 4) is 16.9 Å². The number of carbonyl (C=O) groups excluding carboxylic acids is 1. The van der Waals surface area contributed by atoms with Crippen LogP contribution >= 0.6 is 35.6 Å². The van der Waals surface area contributed by atoms with E-state index in [-0.39, 0.29) is 5.91 Å². The third-order valence-electron chi connectivity index (χ3n) is 4.35. The highest BCUT2D eigenvalue weighted by molar-refractivity contribution is 8.26. The Hall–Kier alpha value is -2.67. The number of amides is 1. The molecular formula is C22H16ClN3OS2. The van der Waals surface area contributed by atoms with E-state index < -0.39 is 0 Å². The minimum absolute atomic E-state index is 0.116. The summed E-state index contributed by atoms with van der Waals surface area (Å²) in [7, 11) is 0. The zero-order chi connectivity index (χ0) is 20.4. The van der Waals surface area contributed by atoms with Crippen LogP contribution in [0, 0.1) is 0 Å². The van der Waals surface area contributed by atoms with Crippen LogP contribution in [0.3, 0.4) is 0 Å². The molecule has 2 aromatic carbocycles. The van der Waals surface area contributed by atoms with E-state index in [1.807, 2.05) is 66.9 Å². The maximum Gasteiger partial charge on any atom is 0.266 e. The van der Waals surface area contributed by atoms with Crippen molar-refractivity contribution in [2.24, 2.45) is 0 Å². The van der Waals surface area contributed by atoms with Crippen molar-refractivity contribution >= 4 is 51.9 Å². The Morgan fingerprint density at radius 1 is 1.14 bits per heavy atom. The second-order valence-electron chi connectivity index (χ2n) is 6.30. The van der Waals surface area contributed by atoms with Crippen molar-refractivity contribution < 1.29 is 4.79 Å². The average Bonchev–Trinajstić information content (AvgIpc) is 3.26. The van der Waals surface area contributed by atoms with Gasteiger partial charge in [-0.2, -0.15) is 5.10 Å². The lowest BCUT2D eigenvalue weighted by Gasteiger charge is -2.10. The Kier molecular flexibility index (Phi) is 5.67. The second-order valence-corrected chi connectivity index (χ2v) is 8.41. The van der Waals surface area contributed by atoms with Gasteiger partial charge in [0.15, 0.2) is 0 Å². The summed E-state index contributed by atoms with van der Waals surface area (Å²) in [5.41, 5.74) is 3.44. The molecule has 0 N–H and O–H groups in total.